The minimum absolute atomic E-state index is 0.0212. The maximum Gasteiger partial charge on any atom is 0.337 e. The van der Waals surface area contributed by atoms with Crippen LogP contribution in [-0.4, -0.2) is 19.5 Å². The predicted octanol–water partition coefficient (Wildman–Crippen LogP) is 1.64. The highest BCUT2D eigenvalue weighted by molar-refractivity contribution is 7.92. The number of carbonyl (C=O) groups is 1. The number of anilines is 1. The first-order valence-corrected chi connectivity index (χ1v) is 7.56. The molecule has 0 aliphatic heterocycles. The summed E-state index contributed by atoms with van der Waals surface area (Å²) in [5, 5.41) is 9.05. The molecule has 0 heterocycles. The predicted molar refractivity (Wildman–Crippen MR) is 78.5 cm³/mol. The topological polar surface area (TPSA) is 109 Å². The average Bonchev–Trinajstić information content (AvgIpc) is 2.47. The zero-order valence-corrected chi connectivity index (χ0v) is 11.8. The summed E-state index contributed by atoms with van der Waals surface area (Å²) in [6, 6.07) is 11.9. The van der Waals surface area contributed by atoms with E-state index in [2.05, 4.69) is 4.72 Å². The molecule has 0 fully saturated rings. The summed E-state index contributed by atoms with van der Waals surface area (Å²) in [6.07, 6.45) is 0. The van der Waals surface area contributed by atoms with Crippen molar-refractivity contribution in [3.63, 3.8) is 0 Å². The van der Waals surface area contributed by atoms with Crippen LogP contribution >= 0.6 is 0 Å². The van der Waals surface area contributed by atoms with Crippen LogP contribution in [0.4, 0.5) is 5.69 Å². The molecule has 2 aromatic rings. The first-order chi connectivity index (χ1) is 9.94. The van der Waals surface area contributed by atoms with Crippen LogP contribution in [0.5, 0.6) is 0 Å². The van der Waals surface area contributed by atoms with Crippen molar-refractivity contribution in [3.8, 4) is 0 Å². The van der Waals surface area contributed by atoms with Crippen molar-refractivity contribution in [1.29, 1.82) is 0 Å². The summed E-state index contributed by atoms with van der Waals surface area (Å²) in [5.74, 6) is -1.20. The van der Waals surface area contributed by atoms with Crippen molar-refractivity contribution >= 4 is 21.7 Å². The van der Waals surface area contributed by atoms with Crippen molar-refractivity contribution in [2.75, 3.05) is 4.72 Å². The smallest absolute Gasteiger partial charge is 0.337 e. The molecule has 21 heavy (non-hydrogen) atoms. The molecule has 0 saturated carbocycles. The zero-order valence-electron chi connectivity index (χ0n) is 11.0. The lowest BCUT2D eigenvalue weighted by Crippen LogP contribution is -2.15. The van der Waals surface area contributed by atoms with Gasteiger partial charge in [0, 0.05) is 6.54 Å². The van der Waals surface area contributed by atoms with Crippen LogP contribution in [0.1, 0.15) is 15.9 Å². The van der Waals surface area contributed by atoms with Crippen LogP contribution in [0.3, 0.4) is 0 Å². The van der Waals surface area contributed by atoms with Gasteiger partial charge in [0.15, 0.2) is 0 Å². The molecule has 0 spiro atoms. The standard InChI is InChI=1S/C14H14N2O4S/c15-9-10-5-7-11(8-6-10)21(19,20)16-13-4-2-1-3-12(13)14(17)18/h1-8,16H,9,15H2,(H,17,18). The van der Waals surface area contributed by atoms with E-state index in [1.807, 2.05) is 0 Å². The second-order valence-electron chi connectivity index (χ2n) is 4.30. The van der Waals surface area contributed by atoms with Gasteiger partial charge in [-0.3, -0.25) is 4.72 Å². The monoisotopic (exact) mass is 306 g/mol. The third-order valence-electron chi connectivity index (χ3n) is 2.87. The largest absolute Gasteiger partial charge is 0.478 e. The fourth-order valence-electron chi connectivity index (χ4n) is 1.77. The third kappa shape index (κ3) is 3.39. The van der Waals surface area contributed by atoms with Gasteiger partial charge in [0.1, 0.15) is 0 Å². The fourth-order valence-corrected chi connectivity index (χ4v) is 2.85. The molecule has 0 unspecified atom stereocenters. The van der Waals surface area contributed by atoms with E-state index in [-0.39, 0.29) is 16.1 Å². The fraction of sp³-hybridized carbons (Fsp3) is 0.0714. The van der Waals surface area contributed by atoms with Gasteiger partial charge < -0.3 is 10.8 Å². The number of hydrogen-bond acceptors (Lipinski definition) is 4. The Kier molecular flexibility index (Phi) is 4.25. The first kappa shape index (κ1) is 15.0. The highest BCUT2D eigenvalue weighted by Crippen LogP contribution is 2.20. The molecule has 110 valence electrons. The summed E-state index contributed by atoms with van der Waals surface area (Å²) in [7, 11) is -3.85. The van der Waals surface area contributed by atoms with E-state index in [1.54, 1.807) is 18.2 Å². The van der Waals surface area contributed by atoms with E-state index in [0.717, 1.165) is 5.56 Å². The SMILES string of the molecule is NCc1ccc(S(=O)(=O)Nc2ccccc2C(=O)O)cc1. The van der Waals surface area contributed by atoms with E-state index >= 15 is 0 Å². The lowest BCUT2D eigenvalue weighted by molar-refractivity contribution is 0.0698. The number of hydrogen-bond donors (Lipinski definition) is 3. The molecule has 0 atom stereocenters. The molecule has 0 aliphatic rings. The van der Waals surface area contributed by atoms with Gasteiger partial charge in [-0.2, -0.15) is 0 Å². The maximum absolute atomic E-state index is 12.2. The molecule has 0 aromatic heterocycles. The summed E-state index contributed by atoms with van der Waals surface area (Å²) < 4.78 is 26.8. The van der Waals surface area contributed by atoms with Crippen molar-refractivity contribution in [2.24, 2.45) is 5.73 Å². The van der Waals surface area contributed by atoms with Crippen LogP contribution < -0.4 is 10.5 Å². The second kappa shape index (κ2) is 5.94. The van der Waals surface area contributed by atoms with Gasteiger partial charge in [0.25, 0.3) is 10.0 Å². The molecule has 4 N–H and O–H groups in total. The minimum atomic E-state index is -3.85. The highest BCUT2D eigenvalue weighted by Gasteiger charge is 2.17. The third-order valence-corrected chi connectivity index (χ3v) is 4.25. The number of aromatic carboxylic acids is 1. The second-order valence-corrected chi connectivity index (χ2v) is 5.99. The van der Waals surface area contributed by atoms with Gasteiger partial charge in [-0.1, -0.05) is 24.3 Å². The van der Waals surface area contributed by atoms with Gasteiger partial charge in [-0.05, 0) is 29.8 Å². The summed E-state index contributed by atoms with van der Waals surface area (Å²) >= 11 is 0. The van der Waals surface area contributed by atoms with Crippen molar-refractivity contribution in [2.45, 2.75) is 11.4 Å². The number of sulfonamides is 1. The van der Waals surface area contributed by atoms with E-state index in [4.69, 9.17) is 10.8 Å². The summed E-state index contributed by atoms with van der Waals surface area (Å²) in [4.78, 5) is 11.1. The number of nitrogens with one attached hydrogen (secondary N) is 1. The lowest BCUT2D eigenvalue weighted by atomic mass is 10.2. The van der Waals surface area contributed by atoms with E-state index in [1.165, 1.54) is 30.3 Å². The van der Waals surface area contributed by atoms with Crippen LogP contribution in [0.25, 0.3) is 0 Å². The molecule has 2 rings (SSSR count). The Balaban J connectivity index is 2.35. The van der Waals surface area contributed by atoms with Crippen LogP contribution in [0, 0.1) is 0 Å². The lowest BCUT2D eigenvalue weighted by Gasteiger charge is -2.10. The number of rotatable bonds is 5. The van der Waals surface area contributed by atoms with E-state index < -0.39 is 16.0 Å². The molecule has 0 aliphatic carbocycles. The van der Waals surface area contributed by atoms with Crippen LogP contribution in [0.15, 0.2) is 53.4 Å². The van der Waals surface area contributed by atoms with Crippen molar-refractivity contribution < 1.29 is 18.3 Å². The first-order valence-electron chi connectivity index (χ1n) is 6.08. The highest BCUT2D eigenvalue weighted by atomic mass is 32.2. The molecule has 0 saturated heterocycles. The summed E-state index contributed by atoms with van der Waals surface area (Å²) in [5.41, 5.74) is 6.17. The molecule has 0 bridgehead atoms. The zero-order chi connectivity index (χ0) is 15.5. The molecular weight excluding hydrogens is 292 g/mol. The van der Waals surface area contributed by atoms with Gasteiger partial charge in [0.2, 0.25) is 0 Å². The normalized spacial score (nSPS) is 11.1. The Morgan fingerprint density at radius 3 is 2.29 bits per heavy atom. The maximum atomic E-state index is 12.2. The van der Waals surface area contributed by atoms with Gasteiger partial charge in [-0.25, -0.2) is 13.2 Å². The summed E-state index contributed by atoms with van der Waals surface area (Å²) in [6.45, 7) is 0.315. The average molecular weight is 306 g/mol. The number of benzene rings is 2. The number of nitrogens with two attached hydrogens (primary N) is 1. The molecule has 6 nitrogen and oxygen atoms in total. The molecular formula is C14H14N2O4S. The molecule has 2 aromatic carbocycles. The van der Waals surface area contributed by atoms with Gasteiger partial charge in [0.05, 0.1) is 16.1 Å². The van der Waals surface area contributed by atoms with Crippen molar-refractivity contribution in [1.82, 2.24) is 0 Å². The number of carboxylic acids is 1. The Morgan fingerprint density at radius 2 is 1.71 bits per heavy atom. The van der Waals surface area contributed by atoms with E-state index in [0.29, 0.717) is 6.54 Å². The molecule has 7 heteroatoms. The molecule has 0 amide bonds. The van der Waals surface area contributed by atoms with Crippen LogP contribution in [-0.2, 0) is 16.6 Å². The van der Waals surface area contributed by atoms with E-state index in [9.17, 15) is 13.2 Å². The molecule has 0 radical (unpaired) electrons. The van der Waals surface area contributed by atoms with Gasteiger partial charge >= 0.3 is 5.97 Å². The Bertz CT molecular complexity index is 755. The quantitative estimate of drug-likeness (QED) is 0.778. The van der Waals surface area contributed by atoms with Crippen LogP contribution in [0.2, 0.25) is 0 Å². The van der Waals surface area contributed by atoms with Crippen molar-refractivity contribution in [3.05, 3.63) is 59.7 Å². The number of carboxylic acid groups (broad SMARTS) is 1. The Hall–Kier alpha value is -2.38. The Labute approximate surface area is 122 Å². The minimum Gasteiger partial charge on any atom is -0.478 e. The number of para-hydroxylation sites is 1. The van der Waals surface area contributed by atoms with Gasteiger partial charge in [-0.15, -0.1) is 0 Å². The Morgan fingerprint density at radius 1 is 1.10 bits per heavy atom.